The predicted molar refractivity (Wildman–Crippen MR) is 77.3 cm³/mol. The van der Waals surface area contributed by atoms with Crippen molar-refractivity contribution in [2.75, 3.05) is 0 Å². The van der Waals surface area contributed by atoms with Gasteiger partial charge in [0.25, 0.3) is 0 Å². The van der Waals surface area contributed by atoms with Crippen LogP contribution in [0.2, 0.25) is 0 Å². The Morgan fingerprint density at radius 3 is 2.95 bits per heavy atom. The number of fused-ring (bicyclic) bond motifs is 1. The third kappa shape index (κ3) is 2.51. The summed E-state index contributed by atoms with van der Waals surface area (Å²) in [6.07, 6.45) is 0.927. The summed E-state index contributed by atoms with van der Waals surface area (Å²) >= 11 is 7.62. The van der Waals surface area contributed by atoms with Crippen LogP contribution in [0.15, 0.2) is 35.0 Å². The Morgan fingerprint density at radius 2 is 2.21 bits per heavy atom. The minimum Gasteiger partial charge on any atom is -0.327 e. The highest BCUT2D eigenvalue weighted by Gasteiger charge is 2.10. The number of nitrogens with zero attached hydrogens (tertiary/aromatic N) is 2. The summed E-state index contributed by atoms with van der Waals surface area (Å²) in [5.41, 5.74) is 2.91. The fourth-order valence-electron chi connectivity index (χ4n) is 2.18. The van der Waals surface area contributed by atoms with Crippen molar-refractivity contribution in [1.82, 2.24) is 9.55 Å². The fourth-order valence-corrected chi connectivity index (χ4v) is 3.09. The summed E-state index contributed by atoms with van der Waals surface area (Å²) in [6, 6.07) is 6.79. The maximum Gasteiger partial charge on any atom is 0.125 e. The van der Waals surface area contributed by atoms with Gasteiger partial charge in [0, 0.05) is 12.6 Å². The van der Waals surface area contributed by atoms with Crippen molar-refractivity contribution in [1.29, 1.82) is 0 Å². The van der Waals surface area contributed by atoms with Gasteiger partial charge in [-0.15, -0.1) is 11.6 Å². The Bertz CT molecular complexity index is 691. The number of alkyl halides is 1. The fraction of sp³-hybridized carbons (Fsp3) is 0.214. The summed E-state index contributed by atoms with van der Waals surface area (Å²) in [4.78, 5) is 4.39. The Labute approximate surface area is 119 Å². The highest BCUT2D eigenvalue weighted by molar-refractivity contribution is 7.07. The lowest BCUT2D eigenvalue weighted by atomic mass is 10.2. The lowest BCUT2D eigenvalue weighted by Gasteiger charge is -2.06. The summed E-state index contributed by atoms with van der Waals surface area (Å²) < 4.78 is 15.3. The van der Waals surface area contributed by atoms with Gasteiger partial charge in [-0.05, 0) is 40.9 Å². The molecule has 0 fully saturated rings. The number of hydrogen-bond donors (Lipinski definition) is 0. The predicted octanol–water partition coefficient (Wildman–Crippen LogP) is 4.22. The van der Waals surface area contributed by atoms with Crippen LogP contribution in [-0.4, -0.2) is 9.55 Å². The van der Waals surface area contributed by atoms with Gasteiger partial charge in [-0.25, -0.2) is 9.37 Å². The summed E-state index contributed by atoms with van der Waals surface area (Å²) in [6.45, 7) is 0.806. The average Bonchev–Trinajstić information content (AvgIpc) is 3.02. The third-order valence-corrected chi connectivity index (χ3v) is 4.08. The molecule has 19 heavy (non-hydrogen) atoms. The molecular weight excluding hydrogens is 283 g/mol. The minimum atomic E-state index is -0.267. The van der Waals surface area contributed by atoms with Crippen molar-refractivity contribution in [2.45, 2.75) is 18.8 Å². The molecule has 2 nitrogen and oxygen atoms in total. The molecule has 3 rings (SSSR count). The van der Waals surface area contributed by atoms with E-state index in [0.29, 0.717) is 11.4 Å². The van der Waals surface area contributed by atoms with E-state index in [1.165, 1.54) is 17.7 Å². The van der Waals surface area contributed by atoms with Gasteiger partial charge < -0.3 is 4.57 Å². The van der Waals surface area contributed by atoms with Gasteiger partial charge in [-0.2, -0.15) is 11.3 Å². The van der Waals surface area contributed by atoms with Crippen LogP contribution in [0.1, 0.15) is 11.4 Å². The standard InChI is InChI=1S/C14H12ClFN2S/c15-8-14-17-12-7-11(16)1-2-13(12)18(14)5-3-10-4-6-19-9-10/h1-2,4,6-7,9H,3,5,8H2. The topological polar surface area (TPSA) is 17.8 Å². The van der Waals surface area contributed by atoms with Crippen LogP contribution in [0.3, 0.4) is 0 Å². The van der Waals surface area contributed by atoms with E-state index in [9.17, 15) is 4.39 Å². The molecule has 0 radical (unpaired) electrons. The number of imidazole rings is 1. The maximum atomic E-state index is 13.2. The molecule has 0 bridgehead atoms. The number of benzene rings is 1. The molecule has 3 aromatic rings. The second kappa shape index (κ2) is 5.31. The first-order chi connectivity index (χ1) is 9.28. The molecule has 0 unspecified atom stereocenters. The summed E-state index contributed by atoms with van der Waals surface area (Å²) in [5.74, 6) is 0.855. The molecule has 0 spiro atoms. The van der Waals surface area contributed by atoms with Crippen LogP contribution >= 0.6 is 22.9 Å². The largest absolute Gasteiger partial charge is 0.327 e. The van der Waals surface area contributed by atoms with Crippen molar-refractivity contribution < 1.29 is 4.39 Å². The lowest BCUT2D eigenvalue weighted by Crippen LogP contribution is -2.04. The van der Waals surface area contributed by atoms with Gasteiger partial charge in [0.15, 0.2) is 0 Å². The van der Waals surface area contributed by atoms with Gasteiger partial charge in [-0.1, -0.05) is 0 Å². The third-order valence-electron chi connectivity index (χ3n) is 3.11. The van der Waals surface area contributed by atoms with Crippen LogP contribution in [0.5, 0.6) is 0 Å². The Balaban J connectivity index is 1.96. The van der Waals surface area contributed by atoms with Crippen molar-refractivity contribution in [3.05, 3.63) is 52.2 Å². The molecule has 5 heteroatoms. The molecule has 0 aliphatic rings. The molecule has 1 aromatic carbocycles. The number of thiophene rings is 1. The molecule has 0 saturated heterocycles. The summed E-state index contributed by atoms with van der Waals surface area (Å²) in [5, 5.41) is 4.21. The zero-order valence-electron chi connectivity index (χ0n) is 10.1. The number of hydrogen-bond acceptors (Lipinski definition) is 2. The number of rotatable bonds is 4. The van der Waals surface area contributed by atoms with Gasteiger partial charge in [0.2, 0.25) is 0 Å². The second-order valence-corrected chi connectivity index (χ2v) is 5.38. The zero-order chi connectivity index (χ0) is 13.2. The average molecular weight is 295 g/mol. The van der Waals surface area contributed by atoms with Crippen LogP contribution in [0.4, 0.5) is 4.39 Å². The van der Waals surface area contributed by atoms with Crippen LogP contribution in [-0.2, 0) is 18.8 Å². The lowest BCUT2D eigenvalue weighted by molar-refractivity contribution is 0.629. The molecule has 0 aliphatic heterocycles. The molecule has 98 valence electrons. The second-order valence-electron chi connectivity index (χ2n) is 4.33. The van der Waals surface area contributed by atoms with Crippen molar-refractivity contribution in [3.63, 3.8) is 0 Å². The SMILES string of the molecule is Fc1ccc2c(c1)nc(CCl)n2CCc1ccsc1. The molecule has 2 heterocycles. The van der Waals surface area contributed by atoms with Gasteiger partial charge in [-0.3, -0.25) is 0 Å². The molecule has 2 aromatic heterocycles. The van der Waals surface area contributed by atoms with E-state index in [2.05, 4.69) is 26.4 Å². The van der Waals surface area contributed by atoms with E-state index in [1.54, 1.807) is 17.4 Å². The Kier molecular flexibility index (Phi) is 3.53. The minimum absolute atomic E-state index is 0.267. The van der Waals surface area contributed by atoms with E-state index in [-0.39, 0.29) is 5.82 Å². The Morgan fingerprint density at radius 1 is 1.32 bits per heavy atom. The summed E-state index contributed by atoms with van der Waals surface area (Å²) in [7, 11) is 0. The smallest absolute Gasteiger partial charge is 0.125 e. The van der Waals surface area contributed by atoms with Crippen LogP contribution in [0, 0.1) is 5.82 Å². The monoisotopic (exact) mass is 294 g/mol. The molecule has 0 saturated carbocycles. The van der Waals surface area contributed by atoms with Crippen molar-refractivity contribution in [2.24, 2.45) is 0 Å². The van der Waals surface area contributed by atoms with E-state index < -0.39 is 0 Å². The number of aryl methyl sites for hydroxylation is 2. The van der Waals surface area contributed by atoms with E-state index in [4.69, 9.17) is 11.6 Å². The number of aromatic nitrogens is 2. The van der Waals surface area contributed by atoms with Gasteiger partial charge in [0.05, 0.1) is 16.9 Å². The zero-order valence-corrected chi connectivity index (χ0v) is 11.7. The molecular formula is C14H12ClFN2S. The van der Waals surface area contributed by atoms with Crippen molar-refractivity contribution >= 4 is 34.0 Å². The van der Waals surface area contributed by atoms with Gasteiger partial charge in [0.1, 0.15) is 11.6 Å². The molecule has 0 atom stereocenters. The quantitative estimate of drug-likeness (QED) is 0.659. The number of halogens is 2. The normalized spacial score (nSPS) is 11.3. The van der Waals surface area contributed by atoms with E-state index in [1.807, 2.05) is 0 Å². The first kappa shape index (κ1) is 12.6. The van der Waals surface area contributed by atoms with Crippen LogP contribution < -0.4 is 0 Å². The maximum absolute atomic E-state index is 13.2. The van der Waals surface area contributed by atoms with E-state index in [0.717, 1.165) is 24.3 Å². The first-order valence-electron chi connectivity index (χ1n) is 5.99. The van der Waals surface area contributed by atoms with Crippen molar-refractivity contribution in [3.8, 4) is 0 Å². The highest BCUT2D eigenvalue weighted by Crippen LogP contribution is 2.20. The van der Waals surface area contributed by atoms with Gasteiger partial charge >= 0.3 is 0 Å². The van der Waals surface area contributed by atoms with Crippen LogP contribution in [0.25, 0.3) is 11.0 Å². The van der Waals surface area contributed by atoms with E-state index >= 15 is 0 Å². The molecule has 0 amide bonds. The highest BCUT2D eigenvalue weighted by atomic mass is 35.5. The molecule has 0 aliphatic carbocycles. The first-order valence-corrected chi connectivity index (χ1v) is 7.47. The molecule has 0 N–H and O–H groups in total. The Hall–Kier alpha value is -1.39.